The molecular formula is C27H27F2N5O. The van der Waals surface area contributed by atoms with Crippen LogP contribution in [0.4, 0.5) is 20.4 Å². The van der Waals surface area contributed by atoms with Gasteiger partial charge in [0.25, 0.3) is 5.92 Å². The number of halogens is 2. The highest BCUT2D eigenvalue weighted by molar-refractivity contribution is 5.99. The van der Waals surface area contributed by atoms with Gasteiger partial charge < -0.3 is 10.6 Å². The Kier molecular flexibility index (Phi) is 6.35. The van der Waals surface area contributed by atoms with Crippen LogP contribution in [0.2, 0.25) is 0 Å². The average molecular weight is 476 g/mol. The summed E-state index contributed by atoms with van der Waals surface area (Å²) in [4.78, 5) is 22.8. The van der Waals surface area contributed by atoms with Crippen LogP contribution in [0, 0.1) is 17.8 Å². The summed E-state index contributed by atoms with van der Waals surface area (Å²) in [7, 11) is 1.79. The second-order valence-electron chi connectivity index (χ2n) is 9.27. The number of hydrogen-bond acceptors (Lipinski definition) is 5. The second-order valence-corrected chi connectivity index (χ2v) is 9.27. The lowest BCUT2D eigenvalue weighted by atomic mass is 10.1. The number of likely N-dealkylation sites (tertiary alicyclic amines) is 1. The number of anilines is 2. The molecule has 0 radical (unpaired) electrons. The molecule has 0 atom stereocenters. The standard InChI is InChI=1S/C27H27F2N5O/c1-30-25-23-15-31-24(33-26(35)20-9-10-20)13-22(23)21(14-32-25)8-7-18-3-5-19(6-4-18)16-34-12-2-11-27(28,29)17-34/h3-6,13-15,20H,2,9-12,16-17H2,1H3,(H,30,32)(H,31,33,35). The quantitative estimate of drug-likeness (QED) is 0.526. The maximum Gasteiger partial charge on any atom is 0.260 e. The number of nitrogens with one attached hydrogen (secondary N) is 2. The summed E-state index contributed by atoms with van der Waals surface area (Å²) in [5, 5.41) is 7.62. The summed E-state index contributed by atoms with van der Waals surface area (Å²) in [5.41, 5.74) is 2.53. The maximum atomic E-state index is 13.7. The first kappa shape index (κ1) is 23.2. The summed E-state index contributed by atoms with van der Waals surface area (Å²) in [6.45, 7) is 1.01. The second kappa shape index (κ2) is 9.59. The highest BCUT2D eigenvalue weighted by atomic mass is 19.3. The van der Waals surface area contributed by atoms with Crippen LogP contribution in [0.5, 0.6) is 0 Å². The summed E-state index contributed by atoms with van der Waals surface area (Å²) in [6.07, 6.45) is 5.74. The van der Waals surface area contributed by atoms with E-state index in [2.05, 4.69) is 32.4 Å². The van der Waals surface area contributed by atoms with E-state index in [-0.39, 0.29) is 24.8 Å². The number of benzene rings is 1. The zero-order chi connectivity index (χ0) is 24.4. The molecule has 3 heterocycles. The van der Waals surface area contributed by atoms with Gasteiger partial charge in [0.1, 0.15) is 11.6 Å². The number of nitrogens with zero attached hydrogens (tertiary/aromatic N) is 3. The number of hydrogen-bond donors (Lipinski definition) is 2. The maximum absolute atomic E-state index is 13.7. The average Bonchev–Trinajstić information content (AvgIpc) is 3.68. The molecule has 6 nitrogen and oxygen atoms in total. The Balaban J connectivity index is 1.35. The van der Waals surface area contributed by atoms with Crippen molar-refractivity contribution in [3.05, 3.63) is 59.4 Å². The van der Waals surface area contributed by atoms with Gasteiger partial charge in [0, 0.05) is 54.7 Å². The summed E-state index contributed by atoms with van der Waals surface area (Å²) < 4.78 is 27.3. The predicted molar refractivity (Wildman–Crippen MR) is 132 cm³/mol. The van der Waals surface area contributed by atoms with Crippen LogP contribution in [0.3, 0.4) is 0 Å². The highest BCUT2D eigenvalue weighted by Crippen LogP contribution is 2.31. The number of amides is 1. The molecule has 1 aromatic carbocycles. The van der Waals surface area contributed by atoms with Gasteiger partial charge in [0.05, 0.1) is 12.1 Å². The molecule has 0 bridgehead atoms. The van der Waals surface area contributed by atoms with Crippen LogP contribution in [-0.2, 0) is 11.3 Å². The van der Waals surface area contributed by atoms with E-state index in [0.717, 1.165) is 40.3 Å². The Bertz CT molecular complexity index is 1310. The molecule has 1 aliphatic heterocycles. The molecule has 35 heavy (non-hydrogen) atoms. The summed E-state index contributed by atoms with van der Waals surface area (Å²) in [6, 6.07) is 9.52. The topological polar surface area (TPSA) is 70.2 Å². The van der Waals surface area contributed by atoms with Crippen LogP contribution in [0.25, 0.3) is 10.8 Å². The highest BCUT2D eigenvalue weighted by Gasteiger charge is 2.34. The third-order valence-electron chi connectivity index (χ3n) is 6.38. The third kappa shape index (κ3) is 5.57. The molecule has 1 amide bonds. The number of alkyl halides is 2. The molecule has 2 fully saturated rings. The molecule has 0 spiro atoms. The Morgan fingerprint density at radius 3 is 2.66 bits per heavy atom. The number of fused-ring (bicyclic) bond motifs is 1. The number of carbonyl (C=O) groups is 1. The van der Waals surface area contributed by atoms with Crippen molar-refractivity contribution < 1.29 is 13.6 Å². The van der Waals surface area contributed by atoms with Crippen molar-refractivity contribution >= 4 is 28.3 Å². The van der Waals surface area contributed by atoms with Crippen LogP contribution >= 0.6 is 0 Å². The molecule has 1 aliphatic carbocycles. The van der Waals surface area contributed by atoms with Gasteiger partial charge in [-0.05, 0) is 49.6 Å². The number of piperidine rings is 1. The largest absolute Gasteiger partial charge is 0.373 e. The number of rotatable bonds is 5. The van der Waals surface area contributed by atoms with Crippen LogP contribution < -0.4 is 10.6 Å². The zero-order valence-corrected chi connectivity index (χ0v) is 19.6. The normalized spacial score (nSPS) is 17.5. The fourth-order valence-corrected chi connectivity index (χ4v) is 4.35. The lowest BCUT2D eigenvalue weighted by Gasteiger charge is -2.32. The molecule has 2 aliphatic rings. The Morgan fingerprint density at radius 1 is 1.14 bits per heavy atom. The van der Waals surface area contributed by atoms with Crippen LogP contribution in [0.1, 0.15) is 42.4 Å². The fraction of sp³-hybridized carbons (Fsp3) is 0.370. The van der Waals surface area contributed by atoms with E-state index in [1.54, 1.807) is 24.3 Å². The van der Waals surface area contributed by atoms with Gasteiger partial charge in [-0.1, -0.05) is 24.0 Å². The van der Waals surface area contributed by atoms with E-state index in [1.807, 2.05) is 30.3 Å². The monoisotopic (exact) mass is 475 g/mol. The molecule has 8 heteroatoms. The molecule has 1 saturated carbocycles. The zero-order valence-electron chi connectivity index (χ0n) is 19.6. The van der Waals surface area contributed by atoms with E-state index < -0.39 is 5.92 Å². The van der Waals surface area contributed by atoms with Crippen LogP contribution in [-0.4, -0.2) is 46.8 Å². The number of aromatic nitrogens is 2. The number of pyridine rings is 2. The molecule has 2 aromatic heterocycles. The Hall–Kier alpha value is -3.57. The van der Waals surface area contributed by atoms with E-state index in [9.17, 15) is 13.6 Å². The summed E-state index contributed by atoms with van der Waals surface area (Å²) in [5.74, 6) is 5.04. The molecular weight excluding hydrogens is 448 g/mol. The van der Waals surface area contributed by atoms with Crippen molar-refractivity contribution in [3.63, 3.8) is 0 Å². The third-order valence-corrected chi connectivity index (χ3v) is 6.38. The van der Waals surface area contributed by atoms with Gasteiger partial charge in [-0.3, -0.25) is 9.69 Å². The minimum absolute atomic E-state index is 0.000687. The van der Waals surface area contributed by atoms with Gasteiger partial charge in [-0.15, -0.1) is 0 Å². The molecule has 5 rings (SSSR count). The fourth-order valence-electron chi connectivity index (χ4n) is 4.35. The van der Waals surface area contributed by atoms with Gasteiger partial charge in [-0.2, -0.15) is 0 Å². The molecule has 2 N–H and O–H groups in total. The van der Waals surface area contributed by atoms with E-state index in [0.29, 0.717) is 31.1 Å². The van der Waals surface area contributed by atoms with Gasteiger partial charge in [-0.25, -0.2) is 18.7 Å². The van der Waals surface area contributed by atoms with Gasteiger partial charge in [0.2, 0.25) is 5.91 Å². The van der Waals surface area contributed by atoms with E-state index >= 15 is 0 Å². The minimum atomic E-state index is -2.60. The number of carbonyl (C=O) groups excluding carboxylic acids is 1. The van der Waals surface area contributed by atoms with Gasteiger partial charge >= 0.3 is 0 Å². The van der Waals surface area contributed by atoms with Crippen molar-refractivity contribution in [2.24, 2.45) is 5.92 Å². The van der Waals surface area contributed by atoms with Crippen LogP contribution in [0.15, 0.2) is 42.7 Å². The first-order chi connectivity index (χ1) is 16.9. The molecule has 1 saturated heterocycles. The predicted octanol–water partition coefficient (Wildman–Crippen LogP) is 4.65. The van der Waals surface area contributed by atoms with E-state index in [4.69, 9.17) is 0 Å². The van der Waals surface area contributed by atoms with Crippen molar-refractivity contribution in [1.29, 1.82) is 0 Å². The smallest absolute Gasteiger partial charge is 0.260 e. The van der Waals surface area contributed by atoms with Crippen molar-refractivity contribution in [1.82, 2.24) is 14.9 Å². The molecule has 180 valence electrons. The SMILES string of the molecule is CNc1ncc(C#Cc2ccc(CN3CCCC(F)(F)C3)cc2)c2cc(NC(=O)C3CC3)ncc12. The first-order valence-corrected chi connectivity index (χ1v) is 11.9. The van der Waals surface area contributed by atoms with E-state index in [1.165, 1.54) is 0 Å². The van der Waals surface area contributed by atoms with Crippen molar-refractivity contribution in [2.45, 2.75) is 38.2 Å². The minimum Gasteiger partial charge on any atom is -0.373 e. The van der Waals surface area contributed by atoms with Crippen molar-refractivity contribution in [3.8, 4) is 11.8 Å². The molecule has 3 aromatic rings. The summed E-state index contributed by atoms with van der Waals surface area (Å²) >= 11 is 0. The molecule has 0 unspecified atom stereocenters. The van der Waals surface area contributed by atoms with Gasteiger partial charge in [0.15, 0.2) is 0 Å². The van der Waals surface area contributed by atoms with Crippen molar-refractivity contribution in [2.75, 3.05) is 30.8 Å². The Morgan fingerprint density at radius 2 is 1.94 bits per heavy atom. The lowest BCUT2D eigenvalue weighted by Crippen LogP contribution is -2.41. The first-order valence-electron chi connectivity index (χ1n) is 11.9. The lowest BCUT2D eigenvalue weighted by molar-refractivity contribution is -0.117. The Labute approximate surface area is 203 Å².